The summed E-state index contributed by atoms with van der Waals surface area (Å²) in [6, 6.07) is 0. The number of hydrogen-bond donors (Lipinski definition) is 0. The van der Waals surface area contributed by atoms with Gasteiger partial charge in [0.25, 0.3) is 0 Å². The monoisotopic (exact) mass is 348 g/mol. The second-order valence-electron chi connectivity index (χ2n) is 7.39. The molecule has 4 nitrogen and oxygen atoms in total. The van der Waals surface area contributed by atoms with Gasteiger partial charge in [0.2, 0.25) is 0 Å². The summed E-state index contributed by atoms with van der Waals surface area (Å²) in [5.74, 6) is 0. The fourth-order valence-electron chi connectivity index (χ4n) is 3.92. The molecular formula is C18H45N4P. The molecule has 0 aliphatic rings. The van der Waals surface area contributed by atoms with E-state index in [1.807, 2.05) is 0 Å². The Balaban J connectivity index is 5.12. The minimum atomic E-state index is -1.94. The quantitative estimate of drug-likeness (QED) is 0.337. The molecule has 0 bridgehead atoms. The maximum atomic E-state index is 2.82. The van der Waals surface area contributed by atoms with Gasteiger partial charge in [-0.2, -0.15) is 0 Å². The molecule has 0 heterocycles. The summed E-state index contributed by atoms with van der Waals surface area (Å²) in [5, 5.41) is 0. The Labute approximate surface area is 147 Å². The maximum absolute atomic E-state index is 2.82. The average Bonchev–Trinajstić information content (AvgIpc) is 2.46. The van der Waals surface area contributed by atoms with E-state index in [0.717, 1.165) is 0 Å². The predicted octanol–water partition coefficient (Wildman–Crippen LogP) is 4.54. The molecule has 142 valence electrons. The first-order chi connectivity index (χ1) is 10.8. The van der Waals surface area contributed by atoms with Gasteiger partial charge in [-0.3, -0.25) is 0 Å². The van der Waals surface area contributed by atoms with Crippen molar-refractivity contribution in [2.45, 2.75) is 65.2 Å². The molecule has 0 rings (SSSR count). The standard InChI is InChI=1S/C18H45N4P/c1-9-11-13-15-17-22(18-16-14-12-10-2)23(19(3)4,20(5)6)21(7)8/h23H,9-18H2,1-8H3. The molecule has 0 saturated carbocycles. The van der Waals surface area contributed by atoms with Gasteiger partial charge in [0, 0.05) is 0 Å². The van der Waals surface area contributed by atoms with Crippen molar-refractivity contribution >= 4 is 7.87 Å². The zero-order valence-corrected chi connectivity index (χ0v) is 18.4. The summed E-state index contributed by atoms with van der Waals surface area (Å²) in [6.45, 7) is 7.04. The summed E-state index contributed by atoms with van der Waals surface area (Å²) in [5.41, 5.74) is 0. The Morgan fingerprint density at radius 1 is 0.522 bits per heavy atom. The Hall–Kier alpha value is 0.270. The van der Waals surface area contributed by atoms with E-state index in [9.17, 15) is 0 Å². The molecule has 0 spiro atoms. The molecule has 0 unspecified atom stereocenters. The Bertz CT molecular complexity index is 248. The molecule has 5 heteroatoms. The Morgan fingerprint density at radius 3 is 1.13 bits per heavy atom. The van der Waals surface area contributed by atoms with Crippen molar-refractivity contribution in [2.24, 2.45) is 0 Å². The number of nitrogens with zero attached hydrogens (tertiary/aromatic N) is 4. The van der Waals surface area contributed by atoms with Crippen LogP contribution in [0.4, 0.5) is 0 Å². The molecule has 0 saturated heterocycles. The molecule has 0 aromatic heterocycles. The summed E-state index contributed by atoms with van der Waals surface area (Å²) in [6.07, 6.45) is 10.7. The van der Waals surface area contributed by atoms with Crippen LogP contribution < -0.4 is 0 Å². The molecule has 0 atom stereocenters. The summed E-state index contributed by atoms with van der Waals surface area (Å²) in [7, 11) is 11.6. The first-order valence-corrected chi connectivity index (χ1v) is 11.4. The van der Waals surface area contributed by atoms with Gasteiger partial charge >= 0.3 is 147 Å². The zero-order valence-electron chi connectivity index (χ0n) is 17.4. The number of hydrogen-bond acceptors (Lipinski definition) is 4. The van der Waals surface area contributed by atoms with Crippen LogP contribution in [0, 0.1) is 0 Å². The van der Waals surface area contributed by atoms with Crippen molar-refractivity contribution in [1.29, 1.82) is 0 Å². The molecule has 0 aromatic rings. The van der Waals surface area contributed by atoms with Gasteiger partial charge in [-0.1, -0.05) is 0 Å². The van der Waals surface area contributed by atoms with Crippen LogP contribution in [0.5, 0.6) is 0 Å². The minimum absolute atomic E-state index is 1.23. The topological polar surface area (TPSA) is 13.0 Å². The van der Waals surface area contributed by atoms with E-state index < -0.39 is 7.87 Å². The predicted molar refractivity (Wildman–Crippen MR) is 109 cm³/mol. The van der Waals surface area contributed by atoms with Gasteiger partial charge in [0.1, 0.15) is 0 Å². The molecule has 0 amide bonds. The fraction of sp³-hybridized carbons (Fsp3) is 1.00. The molecule has 0 N–H and O–H groups in total. The molecule has 23 heavy (non-hydrogen) atoms. The van der Waals surface area contributed by atoms with Crippen LogP contribution in [-0.4, -0.2) is 74.1 Å². The Kier molecular flexibility index (Phi) is 12.8. The van der Waals surface area contributed by atoms with Crippen LogP contribution >= 0.6 is 7.87 Å². The van der Waals surface area contributed by atoms with E-state index in [0.29, 0.717) is 0 Å². The molecule has 0 fully saturated rings. The van der Waals surface area contributed by atoms with Crippen molar-refractivity contribution in [3.8, 4) is 0 Å². The van der Waals surface area contributed by atoms with Gasteiger partial charge in [-0.25, -0.2) is 0 Å². The third-order valence-corrected chi connectivity index (χ3v) is 9.68. The third kappa shape index (κ3) is 6.96. The van der Waals surface area contributed by atoms with Crippen LogP contribution in [-0.2, 0) is 0 Å². The molecule has 0 aliphatic carbocycles. The Morgan fingerprint density at radius 2 is 0.870 bits per heavy atom. The van der Waals surface area contributed by atoms with Gasteiger partial charge in [0.15, 0.2) is 0 Å². The van der Waals surface area contributed by atoms with Crippen molar-refractivity contribution in [2.75, 3.05) is 55.4 Å². The first-order valence-electron chi connectivity index (χ1n) is 9.62. The zero-order chi connectivity index (χ0) is 17.9. The third-order valence-electron chi connectivity index (χ3n) is 4.79. The van der Waals surface area contributed by atoms with E-state index in [4.69, 9.17) is 0 Å². The van der Waals surface area contributed by atoms with Crippen molar-refractivity contribution in [3.63, 3.8) is 0 Å². The van der Waals surface area contributed by atoms with E-state index in [1.165, 1.54) is 64.5 Å². The summed E-state index contributed by atoms with van der Waals surface area (Å²) >= 11 is 0. The second-order valence-corrected chi connectivity index (χ2v) is 11.9. The molecule has 0 aromatic carbocycles. The van der Waals surface area contributed by atoms with Gasteiger partial charge in [-0.05, 0) is 0 Å². The number of unbranched alkanes of at least 4 members (excludes halogenated alkanes) is 6. The van der Waals surface area contributed by atoms with Crippen LogP contribution in [0.2, 0.25) is 0 Å². The summed E-state index contributed by atoms with van der Waals surface area (Å²) in [4.78, 5) is 0. The van der Waals surface area contributed by atoms with Crippen LogP contribution in [0.15, 0.2) is 0 Å². The van der Waals surface area contributed by atoms with Gasteiger partial charge in [-0.15, -0.1) is 0 Å². The van der Waals surface area contributed by atoms with Crippen LogP contribution in [0.25, 0.3) is 0 Å². The molecule has 0 aliphatic heterocycles. The molecular weight excluding hydrogens is 303 g/mol. The van der Waals surface area contributed by atoms with E-state index in [1.54, 1.807) is 0 Å². The van der Waals surface area contributed by atoms with Gasteiger partial charge in [0.05, 0.1) is 0 Å². The SMILES string of the molecule is CCCCCCN(CCCCCC)[PH](N(C)C)(N(C)C)N(C)C. The number of rotatable bonds is 14. The second kappa shape index (κ2) is 12.6. The van der Waals surface area contributed by atoms with E-state index in [-0.39, 0.29) is 0 Å². The fourth-order valence-corrected chi connectivity index (χ4v) is 8.93. The van der Waals surface area contributed by atoms with Crippen LogP contribution in [0.3, 0.4) is 0 Å². The van der Waals surface area contributed by atoms with Crippen molar-refractivity contribution < 1.29 is 0 Å². The molecule has 0 radical (unpaired) electrons. The van der Waals surface area contributed by atoms with E-state index >= 15 is 0 Å². The van der Waals surface area contributed by atoms with Gasteiger partial charge < -0.3 is 0 Å². The normalized spacial score (nSPS) is 13.7. The first kappa shape index (κ1) is 23.3. The van der Waals surface area contributed by atoms with Crippen molar-refractivity contribution in [3.05, 3.63) is 0 Å². The van der Waals surface area contributed by atoms with Crippen molar-refractivity contribution in [1.82, 2.24) is 18.7 Å². The average molecular weight is 349 g/mol. The van der Waals surface area contributed by atoms with Crippen LogP contribution in [0.1, 0.15) is 65.2 Å². The van der Waals surface area contributed by atoms with E-state index in [2.05, 4.69) is 74.8 Å². The summed E-state index contributed by atoms with van der Waals surface area (Å²) < 4.78 is 10.3.